The largest absolute Gasteiger partial charge is 0.355 e. The van der Waals surface area contributed by atoms with Crippen molar-refractivity contribution in [3.63, 3.8) is 0 Å². The summed E-state index contributed by atoms with van der Waals surface area (Å²) in [5.74, 6) is -0.0594. The lowest BCUT2D eigenvalue weighted by Crippen LogP contribution is -2.56. The van der Waals surface area contributed by atoms with Gasteiger partial charge in [0.1, 0.15) is 0 Å². The molecule has 1 saturated heterocycles. The van der Waals surface area contributed by atoms with Gasteiger partial charge < -0.3 is 10.6 Å². The molecule has 1 rings (SSSR count). The SMILES string of the molecule is CCC(C)(C)NC(=O)C(C)NC1CCCNC1=O. The van der Waals surface area contributed by atoms with Gasteiger partial charge in [0.05, 0.1) is 12.1 Å². The first kappa shape index (κ1) is 15.0. The van der Waals surface area contributed by atoms with Crippen LogP contribution in [0.3, 0.4) is 0 Å². The van der Waals surface area contributed by atoms with Crippen LogP contribution < -0.4 is 16.0 Å². The molecule has 3 N–H and O–H groups in total. The van der Waals surface area contributed by atoms with Gasteiger partial charge in [-0.2, -0.15) is 0 Å². The van der Waals surface area contributed by atoms with Gasteiger partial charge in [0.15, 0.2) is 0 Å². The monoisotopic (exact) mass is 255 g/mol. The third-order valence-electron chi connectivity index (χ3n) is 3.48. The van der Waals surface area contributed by atoms with Crippen molar-refractivity contribution in [3.05, 3.63) is 0 Å². The van der Waals surface area contributed by atoms with E-state index in [9.17, 15) is 9.59 Å². The van der Waals surface area contributed by atoms with Gasteiger partial charge >= 0.3 is 0 Å². The Morgan fingerprint density at radius 2 is 2.22 bits per heavy atom. The maximum absolute atomic E-state index is 12.0. The minimum atomic E-state index is -0.357. The summed E-state index contributed by atoms with van der Waals surface area (Å²) in [6, 6.07) is -0.603. The molecule has 18 heavy (non-hydrogen) atoms. The molecule has 5 heteroatoms. The van der Waals surface area contributed by atoms with Gasteiger partial charge in [-0.1, -0.05) is 6.92 Å². The summed E-state index contributed by atoms with van der Waals surface area (Å²) in [7, 11) is 0. The Balaban J connectivity index is 2.46. The molecule has 1 heterocycles. The second-order valence-corrected chi connectivity index (χ2v) is 5.60. The minimum absolute atomic E-state index is 0.00403. The average Bonchev–Trinajstić information content (AvgIpc) is 2.31. The lowest BCUT2D eigenvalue weighted by atomic mass is 10.0. The molecule has 5 nitrogen and oxygen atoms in total. The first-order valence-corrected chi connectivity index (χ1v) is 6.71. The topological polar surface area (TPSA) is 70.2 Å². The van der Waals surface area contributed by atoms with E-state index >= 15 is 0 Å². The van der Waals surface area contributed by atoms with E-state index < -0.39 is 0 Å². The molecule has 1 aliphatic heterocycles. The van der Waals surface area contributed by atoms with Crippen LogP contribution in [0.5, 0.6) is 0 Å². The van der Waals surface area contributed by atoms with Crippen molar-refractivity contribution in [2.24, 2.45) is 0 Å². The highest BCUT2D eigenvalue weighted by Gasteiger charge is 2.27. The van der Waals surface area contributed by atoms with Crippen molar-refractivity contribution in [1.82, 2.24) is 16.0 Å². The van der Waals surface area contributed by atoms with Gasteiger partial charge in [0.25, 0.3) is 0 Å². The van der Waals surface area contributed by atoms with Crippen molar-refractivity contribution in [2.45, 2.75) is 64.6 Å². The average molecular weight is 255 g/mol. The summed E-state index contributed by atoms with van der Waals surface area (Å²) in [5.41, 5.74) is -0.207. The highest BCUT2D eigenvalue weighted by Crippen LogP contribution is 2.08. The fourth-order valence-electron chi connectivity index (χ4n) is 1.84. The molecule has 0 aromatic carbocycles. The minimum Gasteiger partial charge on any atom is -0.355 e. The number of rotatable bonds is 5. The van der Waals surface area contributed by atoms with Crippen LogP contribution in [0.4, 0.5) is 0 Å². The molecule has 1 aliphatic rings. The van der Waals surface area contributed by atoms with E-state index in [4.69, 9.17) is 0 Å². The number of amides is 2. The fraction of sp³-hybridized carbons (Fsp3) is 0.846. The van der Waals surface area contributed by atoms with Crippen molar-refractivity contribution in [3.8, 4) is 0 Å². The van der Waals surface area contributed by atoms with E-state index in [1.165, 1.54) is 0 Å². The fourth-order valence-corrected chi connectivity index (χ4v) is 1.84. The Kier molecular flexibility index (Phi) is 5.14. The lowest BCUT2D eigenvalue weighted by molar-refractivity contribution is -0.127. The molecule has 0 radical (unpaired) electrons. The van der Waals surface area contributed by atoms with Crippen molar-refractivity contribution >= 4 is 11.8 Å². The van der Waals surface area contributed by atoms with Crippen molar-refractivity contribution in [2.75, 3.05) is 6.54 Å². The molecule has 0 spiro atoms. The van der Waals surface area contributed by atoms with Crippen molar-refractivity contribution < 1.29 is 9.59 Å². The lowest BCUT2D eigenvalue weighted by Gasteiger charge is -2.29. The summed E-state index contributed by atoms with van der Waals surface area (Å²) in [5, 5.41) is 8.87. The third-order valence-corrected chi connectivity index (χ3v) is 3.48. The van der Waals surface area contributed by atoms with Crippen molar-refractivity contribution in [1.29, 1.82) is 0 Å². The maximum Gasteiger partial charge on any atom is 0.237 e. The number of piperidine rings is 1. The second kappa shape index (κ2) is 6.18. The van der Waals surface area contributed by atoms with E-state index in [1.807, 2.05) is 20.8 Å². The van der Waals surface area contributed by atoms with E-state index in [0.29, 0.717) is 0 Å². The first-order chi connectivity index (χ1) is 8.35. The summed E-state index contributed by atoms with van der Waals surface area (Å²) < 4.78 is 0. The number of hydrogen-bond acceptors (Lipinski definition) is 3. The Morgan fingerprint density at radius 1 is 1.56 bits per heavy atom. The number of hydrogen-bond donors (Lipinski definition) is 3. The number of nitrogens with one attached hydrogen (secondary N) is 3. The second-order valence-electron chi connectivity index (χ2n) is 5.60. The van der Waals surface area contributed by atoms with Gasteiger partial charge in [-0.05, 0) is 40.0 Å². The summed E-state index contributed by atoms with van der Waals surface area (Å²) in [6.07, 6.45) is 2.62. The quantitative estimate of drug-likeness (QED) is 0.672. The predicted octanol–water partition coefficient (Wildman–Crippen LogP) is 0.548. The third kappa shape index (κ3) is 4.29. The van der Waals surface area contributed by atoms with Crippen LogP contribution in [0.15, 0.2) is 0 Å². The predicted molar refractivity (Wildman–Crippen MR) is 71.1 cm³/mol. The molecule has 2 amide bonds. The molecule has 104 valence electrons. The van der Waals surface area contributed by atoms with Crippen LogP contribution in [-0.4, -0.2) is 36.0 Å². The zero-order valence-electron chi connectivity index (χ0n) is 11.8. The Bertz CT molecular complexity index is 315. The molecule has 0 saturated carbocycles. The standard InChI is InChI=1S/C13H25N3O2/c1-5-13(3,4)16-11(17)9(2)15-10-7-6-8-14-12(10)18/h9-10,15H,5-8H2,1-4H3,(H,14,18)(H,16,17). The Morgan fingerprint density at radius 3 is 2.78 bits per heavy atom. The smallest absolute Gasteiger partial charge is 0.237 e. The Labute approximate surface area is 109 Å². The van der Waals surface area contributed by atoms with Crippen LogP contribution in [0.25, 0.3) is 0 Å². The molecule has 0 aromatic rings. The first-order valence-electron chi connectivity index (χ1n) is 6.71. The van der Waals surface area contributed by atoms with E-state index in [0.717, 1.165) is 25.8 Å². The van der Waals surface area contributed by atoms with Crippen LogP contribution >= 0.6 is 0 Å². The molecule has 2 unspecified atom stereocenters. The highest BCUT2D eigenvalue weighted by molar-refractivity contribution is 5.85. The number of carbonyl (C=O) groups excluding carboxylic acids is 2. The van der Waals surface area contributed by atoms with Gasteiger partial charge in [-0.3, -0.25) is 14.9 Å². The summed E-state index contributed by atoms with van der Waals surface area (Å²) in [4.78, 5) is 23.6. The summed E-state index contributed by atoms with van der Waals surface area (Å²) in [6.45, 7) is 8.55. The zero-order chi connectivity index (χ0) is 13.8. The molecule has 0 aromatic heterocycles. The van der Waals surface area contributed by atoms with Crippen LogP contribution in [0.2, 0.25) is 0 Å². The van der Waals surface area contributed by atoms with Gasteiger partial charge in [0, 0.05) is 12.1 Å². The Hall–Kier alpha value is -1.10. The van der Waals surface area contributed by atoms with E-state index in [2.05, 4.69) is 16.0 Å². The van der Waals surface area contributed by atoms with Gasteiger partial charge in [-0.25, -0.2) is 0 Å². The maximum atomic E-state index is 12.0. The molecule has 0 aliphatic carbocycles. The van der Waals surface area contributed by atoms with Gasteiger partial charge in [-0.15, -0.1) is 0 Å². The number of carbonyl (C=O) groups is 2. The van der Waals surface area contributed by atoms with Crippen LogP contribution in [0, 0.1) is 0 Å². The zero-order valence-corrected chi connectivity index (χ0v) is 11.8. The molecular weight excluding hydrogens is 230 g/mol. The van der Waals surface area contributed by atoms with E-state index in [1.54, 1.807) is 6.92 Å². The summed E-state index contributed by atoms with van der Waals surface area (Å²) >= 11 is 0. The van der Waals surface area contributed by atoms with Crippen LogP contribution in [0.1, 0.15) is 47.0 Å². The van der Waals surface area contributed by atoms with Gasteiger partial charge in [0.2, 0.25) is 11.8 Å². The highest BCUT2D eigenvalue weighted by atomic mass is 16.2. The molecule has 0 bridgehead atoms. The molecule has 1 fully saturated rings. The van der Waals surface area contributed by atoms with E-state index in [-0.39, 0.29) is 29.4 Å². The molecule has 2 atom stereocenters. The normalized spacial score (nSPS) is 22.2. The van der Waals surface area contributed by atoms with Crippen LogP contribution in [-0.2, 0) is 9.59 Å². The molecular formula is C13H25N3O2.